The Morgan fingerprint density at radius 2 is 1.96 bits per heavy atom. The molecule has 0 spiro atoms. The monoisotopic (exact) mass is 644 g/mol. The summed E-state index contributed by atoms with van der Waals surface area (Å²) in [5.41, 5.74) is 2.09. The number of pyridine rings is 2. The highest BCUT2D eigenvalue weighted by molar-refractivity contribution is 7.98. The van der Waals surface area contributed by atoms with Gasteiger partial charge in [-0.1, -0.05) is 24.3 Å². The highest BCUT2D eigenvalue weighted by Crippen LogP contribution is 2.52. The third kappa shape index (κ3) is 4.80. The number of imidazole rings is 1. The van der Waals surface area contributed by atoms with Crippen molar-refractivity contribution in [2.24, 2.45) is 5.92 Å². The van der Waals surface area contributed by atoms with Gasteiger partial charge in [0.05, 0.1) is 17.6 Å². The van der Waals surface area contributed by atoms with Gasteiger partial charge in [-0.05, 0) is 35.6 Å². The van der Waals surface area contributed by atoms with E-state index in [1.54, 1.807) is 26.4 Å². The lowest BCUT2D eigenvalue weighted by atomic mass is 9.79. The van der Waals surface area contributed by atoms with Gasteiger partial charge < -0.3 is 28.9 Å². The largest absolute Gasteiger partial charge is 0.468 e. The molecule has 238 valence electrons. The molecule has 2 aliphatic heterocycles. The molecule has 1 N–H and O–H groups in total. The summed E-state index contributed by atoms with van der Waals surface area (Å²) in [7, 11) is 4.95. The fourth-order valence-corrected chi connectivity index (χ4v) is 7.47. The van der Waals surface area contributed by atoms with Gasteiger partial charge in [0.25, 0.3) is 0 Å². The molecule has 0 radical (unpaired) electrons. The van der Waals surface area contributed by atoms with Crippen molar-refractivity contribution in [3.05, 3.63) is 54.2 Å². The van der Waals surface area contributed by atoms with E-state index >= 15 is 4.39 Å². The van der Waals surface area contributed by atoms with Gasteiger partial charge in [0.1, 0.15) is 33.3 Å². The van der Waals surface area contributed by atoms with Crippen LogP contribution in [0.5, 0.6) is 5.75 Å². The molecule has 3 unspecified atom stereocenters. The van der Waals surface area contributed by atoms with E-state index in [4.69, 9.17) is 19.4 Å². The summed E-state index contributed by atoms with van der Waals surface area (Å²) in [6, 6.07) is 10.8. The number of nitrogens with zero attached hydrogens (tertiary/aromatic N) is 6. The zero-order valence-electron chi connectivity index (χ0n) is 25.9. The Morgan fingerprint density at radius 3 is 2.67 bits per heavy atom. The molecule has 2 amide bonds. The molecule has 3 fully saturated rings. The van der Waals surface area contributed by atoms with Crippen LogP contribution in [0.15, 0.2) is 47.6 Å². The molecule has 3 aliphatic rings. The lowest BCUT2D eigenvalue weighted by Crippen LogP contribution is -2.42. The third-order valence-electron chi connectivity index (χ3n) is 9.13. The first kappa shape index (κ1) is 30.2. The van der Waals surface area contributed by atoms with Gasteiger partial charge in [0.2, 0.25) is 5.91 Å². The van der Waals surface area contributed by atoms with Crippen molar-refractivity contribution in [1.29, 1.82) is 0 Å². The number of hydrogen-bond donors (Lipinski definition) is 1. The lowest BCUT2D eigenvalue weighted by Gasteiger charge is -2.38. The van der Waals surface area contributed by atoms with Crippen LogP contribution in [0.4, 0.5) is 9.18 Å². The Kier molecular flexibility index (Phi) is 7.68. The number of fused-ring (bicyclic) bond motifs is 5. The van der Waals surface area contributed by atoms with E-state index in [1.807, 2.05) is 36.6 Å². The molecule has 5 aromatic rings. The lowest BCUT2D eigenvalue weighted by molar-refractivity contribution is -0.128. The predicted molar refractivity (Wildman–Crippen MR) is 173 cm³/mol. The number of thioether (sulfide) groups is 1. The summed E-state index contributed by atoms with van der Waals surface area (Å²) >= 11 is 1.36. The van der Waals surface area contributed by atoms with E-state index in [2.05, 4.69) is 9.55 Å². The molecule has 11 nitrogen and oxygen atoms in total. The first-order valence-corrected chi connectivity index (χ1v) is 16.2. The number of halogens is 1. The number of carbonyl (C=O) groups is 2. The molecule has 13 heteroatoms. The molecule has 3 aromatic heterocycles. The molecular formula is C33H33FN6O5S. The van der Waals surface area contributed by atoms with Crippen LogP contribution < -0.4 is 4.74 Å². The zero-order valence-corrected chi connectivity index (χ0v) is 26.7. The molecule has 5 heterocycles. The first-order chi connectivity index (χ1) is 22.2. The Hall–Kier alpha value is -4.49. The van der Waals surface area contributed by atoms with Crippen LogP contribution >= 0.6 is 11.8 Å². The maximum Gasteiger partial charge on any atom is 0.407 e. The molecule has 2 saturated heterocycles. The normalized spacial score (nSPS) is 18.8. The summed E-state index contributed by atoms with van der Waals surface area (Å²) in [4.78, 5) is 42.2. The molecule has 46 heavy (non-hydrogen) atoms. The number of hydrogen-bond acceptors (Lipinski definition) is 8. The molecule has 1 saturated carbocycles. The highest BCUT2D eigenvalue weighted by atomic mass is 32.2. The van der Waals surface area contributed by atoms with Gasteiger partial charge in [-0.25, -0.2) is 19.2 Å². The smallest absolute Gasteiger partial charge is 0.407 e. The summed E-state index contributed by atoms with van der Waals surface area (Å²) in [5.74, 6) is 0.631. The average molecular weight is 645 g/mol. The number of carboxylic acid groups (broad SMARTS) is 1. The number of amides is 2. The van der Waals surface area contributed by atoms with Crippen molar-refractivity contribution in [3.8, 4) is 17.0 Å². The van der Waals surface area contributed by atoms with E-state index in [-0.39, 0.29) is 48.3 Å². The Balaban J connectivity index is 1.45. The summed E-state index contributed by atoms with van der Waals surface area (Å²) < 4.78 is 29.7. The number of ether oxygens (including phenoxy) is 2. The number of rotatable bonds is 9. The fraction of sp³-hybridized carbons (Fsp3) is 0.364. The van der Waals surface area contributed by atoms with Gasteiger partial charge in [-0.2, -0.15) is 0 Å². The molecule has 1 aliphatic carbocycles. The van der Waals surface area contributed by atoms with Gasteiger partial charge in [-0.3, -0.25) is 9.78 Å². The maximum absolute atomic E-state index is 16.9. The van der Waals surface area contributed by atoms with Crippen molar-refractivity contribution in [3.63, 3.8) is 0 Å². The van der Waals surface area contributed by atoms with Crippen molar-refractivity contribution in [1.82, 2.24) is 29.3 Å². The minimum Gasteiger partial charge on any atom is -0.468 e. The maximum atomic E-state index is 16.9. The SMILES string of the molecule is COCOc1cc(-c2ncc3c(nc(SC)c4nc(CCC(=O)N(C)C)n(C5C6CC5N(C(=O)O)C6)c43)c2F)c2ccccc2c1. The number of aryl methyl sites for hydroxylation is 1. The van der Waals surface area contributed by atoms with Gasteiger partial charge in [0.15, 0.2) is 12.6 Å². The van der Waals surface area contributed by atoms with E-state index in [0.717, 1.165) is 17.2 Å². The molecule has 2 bridgehead atoms. The second-order valence-electron chi connectivity index (χ2n) is 11.9. The Morgan fingerprint density at radius 1 is 1.15 bits per heavy atom. The highest BCUT2D eigenvalue weighted by Gasteiger charge is 2.55. The molecule has 3 atom stereocenters. The van der Waals surface area contributed by atoms with Crippen molar-refractivity contribution in [2.45, 2.75) is 36.4 Å². The summed E-state index contributed by atoms with van der Waals surface area (Å²) in [6.07, 6.45) is 3.86. The minimum absolute atomic E-state index is 0.0386. The van der Waals surface area contributed by atoms with E-state index in [0.29, 0.717) is 51.5 Å². The Bertz CT molecular complexity index is 2030. The van der Waals surface area contributed by atoms with Crippen LogP contribution in [-0.2, 0) is 16.0 Å². The zero-order chi connectivity index (χ0) is 32.3. The number of carbonyl (C=O) groups excluding carboxylic acids is 1. The van der Waals surface area contributed by atoms with Gasteiger partial charge >= 0.3 is 6.09 Å². The average Bonchev–Trinajstić information content (AvgIpc) is 3.75. The van der Waals surface area contributed by atoms with E-state index in [1.165, 1.54) is 28.7 Å². The van der Waals surface area contributed by atoms with Crippen LogP contribution in [0.1, 0.15) is 24.7 Å². The van der Waals surface area contributed by atoms with Gasteiger partial charge in [-0.15, -0.1) is 11.8 Å². The molecular weight excluding hydrogens is 611 g/mol. The second kappa shape index (κ2) is 11.7. The summed E-state index contributed by atoms with van der Waals surface area (Å²) in [5, 5.41) is 12.6. The van der Waals surface area contributed by atoms with Crippen LogP contribution in [0.25, 0.3) is 44.0 Å². The van der Waals surface area contributed by atoms with Crippen LogP contribution in [-0.4, -0.2) is 93.3 Å². The number of aromatic nitrogens is 4. The second-order valence-corrected chi connectivity index (χ2v) is 12.7. The molecule has 8 rings (SSSR count). The first-order valence-electron chi connectivity index (χ1n) is 15.0. The minimum atomic E-state index is -0.957. The van der Waals surface area contributed by atoms with E-state index in [9.17, 15) is 14.7 Å². The van der Waals surface area contributed by atoms with Crippen LogP contribution in [0.2, 0.25) is 0 Å². The van der Waals surface area contributed by atoms with E-state index < -0.39 is 11.9 Å². The van der Waals surface area contributed by atoms with Crippen LogP contribution in [0, 0.1) is 11.7 Å². The van der Waals surface area contributed by atoms with Crippen molar-refractivity contribution >= 4 is 56.5 Å². The fourth-order valence-electron chi connectivity index (χ4n) is 6.95. The van der Waals surface area contributed by atoms with Crippen molar-refractivity contribution < 1.29 is 28.6 Å². The Labute approximate surface area is 268 Å². The standard InChI is InChI=1S/C33H33FN6O5S/c1-38(2)25(41)10-9-24-36-29-31(40(24)30-18-12-23(30)39(15-18)33(42)43)22-14-35-27(26(34)28(22)37-32(29)46-4)21-13-19(45-16-44-3)11-17-7-5-6-8-20(17)21/h5-8,11,13-14,18,23,30H,9-10,12,15-16H2,1-4H3,(H,42,43). The topological polar surface area (TPSA) is 123 Å². The molecule has 2 aromatic carbocycles. The van der Waals surface area contributed by atoms with Crippen molar-refractivity contribution in [2.75, 3.05) is 40.8 Å². The number of methoxy groups -OCH3 is 1. The summed E-state index contributed by atoms with van der Waals surface area (Å²) in [6.45, 7) is 0.459. The number of benzene rings is 2. The predicted octanol–water partition coefficient (Wildman–Crippen LogP) is 5.59. The third-order valence-corrected chi connectivity index (χ3v) is 9.81. The quantitative estimate of drug-likeness (QED) is 0.162. The van der Waals surface area contributed by atoms with Gasteiger partial charge in [0, 0.05) is 63.7 Å². The van der Waals surface area contributed by atoms with Crippen LogP contribution in [0.3, 0.4) is 0 Å².